The zero-order valence-corrected chi connectivity index (χ0v) is 31.5. The first-order valence-corrected chi connectivity index (χ1v) is 18.5. The maximum absolute atomic E-state index is 11.6. The highest BCUT2D eigenvalue weighted by atomic mass is 16.9. The van der Waals surface area contributed by atoms with Crippen molar-refractivity contribution in [3.63, 3.8) is 0 Å². The van der Waals surface area contributed by atoms with Crippen molar-refractivity contribution in [1.29, 1.82) is 0 Å². The molecule has 0 bridgehead atoms. The molecule has 0 spiro atoms. The largest absolute Gasteiger partial charge is 0.425 e. The lowest BCUT2D eigenvalue weighted by molar-refractivity contribution is -0.757. The van der Waals surface area contributed by atoms with Gasteiger partial charge in [-0.25, -0.2) is 4.79 Å². The molecule has 50 heavy (non-hydrogen) atoms. The van der Waals surface area contributed by atoms with E-state index in [4.69, 9.17) is 9.47 Å². The highest BCUT2D eigenvalue weighted by molar-refractivity contribution is 5.79. The van der Waals surface area contributed by atoms with Crippen LogP contribution >= 0.6 is 0 Å². The van der Waals surface area contributed by atoms with Crippen LogP contribution in [0.15, 0.2) is 36.4 Å². The van der Waals surface area contributed by atoms with Gasteiger partial charge in [0.2, 0.25) is 6.41 Å². The first-order chi connectivity index (χ1) is 24.2. The second-order valence-electron chi connectivity index (χ2n) is 12.3. The van der Waals surface area contributed by atoms with E-state index < -0.39 is 17.1 Å². The molecule has 286 valence electrons. The minimum atomic E-state index is -0.870. The van der Waals surface area contributed by atoms with Crippen LogP contribution in [0.25, 0.3) is 0 Å². The molecule has 1 amide bonds. The molecule has 0 saturated heterocycles. The van der Waals surface area contributed by atoms with Crippen molar-refractivity contribution in [3.05, 3.63) is 52.1 Å². The summed E-state index contributed by atoms with van der Waals surface area (Å²) in [6, 6.07) is 6.53. The highest BCUT2D eigenvalue weighted by Crippen LogP contribution is 2.28. The van der Waals surface area contributed by atoms with Gasteiger partial charge in [0, 0.05) is 26.4 Å². The Morgan fingerprint density at radius 1 is 0.940 bits per heavy atom. The monoisotopic (exact) mass is 706 g/mol. The summed E-state index contributed by atoms with van der Waals surface area (Å²) in [4.78, 5) is 56.3. The number of ketones is 1. The third-order valence-corrected chi connectivity index (χ3v) is 7.90. The fourth-order valence-electron chi connectivity index (χ4n) is 4.83. The first-order valence-electron chi connectivity index (χ1n) is 18.5. The molecule has 1 aliphatic carbocycles. The molecule has 1 unspecified atom stereocenters. The summed E-state index contributed by atoms with van der Waals surface area (Å²) in [6.07, 6.45) is 25.7. The number of hydrogen-bond acceptors (Lipinski definition) is 9. The normalized spacial score (nSPS) is 12.6. The third kappa shape index (κ3) is 32.9. The Morgan fingerprint density at radius 2 is 1.60 bits per heavy atom. The maximum atomic E-state index is 11.6. The van der Waals surface area contributed by atoms with Crippen molar-refractivity contribution >= 4 is 24.4 Å². The summed E-state index contributed by atoms with van der Waals surface area (Å²) in [5.41, 5.74) is 1.11. The van der Waals surface area contributed by atoms with E-state index in [2.05, 4.69) is 43.1 Å². The molecule has 0 radical (unpaired) electrons. The van der Waals surface area contributed by atoms with Gasteiger partial charge in [0.25, 0.3) is 5.09 Å². The Morgan fingerprint density at radius 3 is 2.16 bits per heavy atom. The van der Waals surface area contributed by atoms with Gasteiger partial charge >= 0.3 is 5.97 Å². The molecular weight excluding hydrogens is 640 g/mol. The van der Waals surface area contributed by atoms with Gasteiger partial charge in [0.15, 0.2) is 0 Å². The summed E-state index contributed by atoms with van der Waals surface area (Å²) in [7, 11) is 1.65. The number of esters is 1. The lowest BCUT2D eigenvalue weighted by atomic mass is 9.98. The van der Waals surface area contributed by atoms with Crippen LogP contribution in [0.1, 0.15) is 142 Å². The van der Waals surface area contributed by atoms with Crippen LogP contribution in [0, 0.1) is 16.0 Å². The number of nitrogens with zero attached hydrogens (tertiary/aromatic N) is 1. The zero-order chi connectivity index (χ0) is 37.7. The lowest BCUT2D eigenvalue weighted by Crippen LogP contribution is -2.35. The molecule has 1 atom stereocenters. The number of carbonyl (C=O) groups is 4. The van der Waals surface area contributed by atoms with Gasteiger partial charge in [0.1, 0.15) is 23.9 Å². The number of nitrogens with one attached hydrogen (secondary N) is 1. The molecule has 1 aliphatic rings. The number of rotatable bonds is 24. The molecule has 0 aromatic heterocycles. The van der Waals surface area contributed by atoms with Gasteiger partial charge in [0.05, 0.1) is 13.2 Å². The maximum Gasteiger partial charge on any atom is 0.333 e. The van der Waals surface area contributed by atoms with E-state index in [0.29, 0.717) is 43.7 Å². The van der Waals surface area contributed by atoms with Gasteiger partial charge in [-0.15, -0.1) is 10.1 Å². The fraction of sp³-hybridized carbons (Fsp3) is 0.692. The van der Waals surface area contributed by atoms with Crippen LogP contribution < -0.4 is 10.1 Å². The summed E-state index contributed by atoms with van der Waals surface area (Å²) in [5, 5.41) is 10.9. The molecule has 0 heterocycles. The number of unbranched alkanes of at least 4 members (excludes halogenated alkanes) is 7. The number of ether oxygens (including phenoxy) is 2. The smallest absolute Gasteiger partial charge is 0.333 e. The van der Waals surface area contributed by atoms with Gasteiger partial charge in [-0.1, -0.05) is 102 Å². The third-order valence-electron chi connectivity index (χ3n) is 7.90. The molecule has 2 rings (SSSR count). The van der Waals surface area contributed by atoms with Crippen LogP contribution in [-0.4, -0.2) is 55.9 Å². The van der Waals surface area contributed by atoms with Gasteiger partial charge in [-0.2, -0.15) is 0 Å². The van der Waals surface area contributed by atoms with Crippen molar-refractivity contribution in [3.8, 4) is 5.75 Å². The van der Waals surface area contributed by atoms with E-state index in [9.17, 15) is 29.3 Å². The van der Waals surface area contributed by atoms with E-state index in [1.54, 1.807) is 26.2 Å². The Balaban J connectivity index is 0. The number of carbonyl (C=O) groups excluding carboxylic acids is 4. The minimum Gasteiger partial charge on any atom is -0.425 e. The Labute approximate surface area is 301 Å². The molecular formula is C39H66N2O9. The fourth-order valence-corrected chi connectivity index (χ4v) is 4.83. The van der Waals surface area contributed by atoms with Gasteiger partial charge in [-0.05, 0) is 69.6 Å². The number of hydrogen-bond donors (Lipinski definition) is 1. The van der Waals surface area contributed by atoms with Crippen molar-refractivity contribution in [2.24, 2.45) is 5.92 Å². The summed E-state index contributed by atoms with van der Waals surface area (Å²) < 4.78 is 10.1. The van der Waals surface area contributed by atoms with E-state index in [-0.39, 0.29) is 6.61 Å². The SMILES string of the molecule is C/C=C\CCCC.CCCCCCCC(=O)CCC1CCCC1.COCCc1ccc(OC(=O)C(C)NC=O)cc1.O=CCCCO[N+](=O)[O-]. The predicted molar refractivity (Wildman–Crippen MR) is 198 cm³/mol. The Bertz CT molecular complexity index is 1010. The van der Waals surface area contributed by atoms with E-state index in [0.717, 1.165) is 37.2 Å². The molecule has 1 saturated carbocycles. The number of allylic oxidation sites excluding steroid dienone is 2. The van der Waals surface area contributed by atoms with Crippen LogP contribution in [0.5, 0.6) is 5.75 Å². The predicted octanol–water partition coefficient (Wildman–Crippen LogP) is 8.73. The lowest BCUT2D eigenvalue weighted by Gasteiger charge is -2.10. The Hall–Kier alpha value is -3.60. The van der Waals surface area contributed by atoms with Crippen molar-refractivity contribution in [1.82, 2.24) is 5.32 Å². The van der Waals surface area contributed by atoms with E-state index >= 15 is 0 Å². The highest BCUT2D eigenvalue weighted by Gasteiger charge is 2.16. The van der Waals surface area contributed by atoms with E-state index in [1.165, 1.54) is 77.0 Å². The molecule has 1 aromatic rings. The number of benzene rings is 1. The molecule has 1 aromatic carbocycles. The quantitative estimate of drug-likeness (QED) is 0.0212. The summed E-state index contributed by atoms with van der Waals surface area (Å²) >= 11 is 0. The van der Waals surface area contributed by atoms with Crippen molar-refractivity contribution in [2.75, 3.05) is 20.3 Å². The van der Waals surface area contributed by atoms with Crippen molar-refractivity contribution < 1.29 is 38.6 Å². The molecule has 11 nitrogen and oxygen atoms in total. The minimum absolute atomic E-state index is 0.00569. The number of Topliss-reactive ketones (excluding diaryl/α,β-unsaturated/α-hetero) is 1. The Kier molecular flexibility index (Phi) is 35.6. The molecule has 1 N–H and O–H groups in total. The van der Waals surface area contributed by atoms with Crippen LogP contribution in [-0.2, 0) is 35.2 Å². The van der Waals surface area contributed by atoms with Gasteiger partial charge in [-0.3, -0.25) is 9.59 Å². The summed E-state index contributed by atoms with van der Waals surface area (Å²) in [5.74, 6) is 1.36. The topological polar surface area (TPSA) is 151 Å². The van der Waals surface area contributed by atoms with E-state index in [1.807, 2.05) is 12.1 Å². The molecule has 1 fully saturated rings. The van der Waals surface area contributed by atoms with Crippen LogP contribution in [0.3, 0.4) is 0 Å². The van der Waals surface area contributed by atoms with Crippen LogP contribution in [0.2, 0.25) is 0 Å². The van der Waals surface area contributed by atoms with Crippen LogP contribution in [0.4, 0.5) is 0 Å². The molecule has 11 heteroatoms. The average molecular weight is 707 g/mol. The number of amides is 1. The average Bonchev–Trinajstić information content (AvgIpc) is 3.64. The first kappa shape index (κ1) is 48.5. The number of aldehydes is 1. The zero-order valence-electron chi connectivity index (χ0n) is 31.5. The van der Waals surface area contributed by atoms with Gasteiger partial charge < -0.3 is 24.4 Å². The second kappa shape index (κ2) is 36.7. The standard InChI is InChI=1S/C15H28O.C13H17NO4.C7H14.C4H7NO4/c1-2-3-4-5-6-11-15(16)13-12-14-9-7-8-10-14;1-10(14-9-15)13(16)18-12-5-3-11(4-6-12)7-8-17-2;1-3-5-7-6-4-2;6-3-1-2-4-9-5(7)8/h14H,2-13H2,1H3;3-6,9-10H,7-8H2,1-2H3,(H,14,15);3,5H,4,6-7H2,1-2H3;3H,1-2,4H2/b;;5-3-;. The summed E-state index contributed by atoms with van der Waals surface area (Å²) in [6.45, 7) is 8.72. The number of methoxy groups -OCH3 is 1. The van der Waals surface area contributed by atoms with Crippen molar-refractivity contribution in [2.45, 2.75) is 149 Å². The molecule has 0 aliphatic heterocycles. The second-order valence-corrected chi connectivity index (χ2v) is 12.3.